The monoisotopic (exact) mass is 679 g/mol. The van der Waals surface area contributed by atoms with Gasteiger partial charge in [0.15, 0.2) is 0 Å². The van der Waals surface area contributed by atoms with Crippen LogP contribution in [0.25, 0.3) is 22.2 Å². The summed E-state index contributed by atoms with van der Waals surface area (Å²) in [5, 5.41) is 4.67. The molecule has 2 aliphatic rings. The quantitative estimate of drug-likeness (QED) is 0.215. The van der Waals surface area contributed by atoms with E-state index >= 15 is 0 Å². The van der Waals surface area contributed by atoms with Crippen LogP contribution in [0.4, 0.5) is 17.3 Å². The van der Waals surface area contributed by atoms with Crippen molar-refractivity contribution < 1.29 is 13.0 Å². The third-order valence-electron chi connectivity index (χ3n) is 8.09. The Morgan fingerprint density at radius 3 is 2.30 bits per heavy atom. The number of anilines is 3. The number of fused-ring (bicyclic) bond motifs is 1. The van der Waals surface area contributed by atoms with Crippen molar-refractivity contribution in [1.29, 1.82) is 0 Å². The van der Waals surface area contributed by atoms with Crippen LogP contribution in [0.1, 0.15) is 26.7 Å². The highest BCUT2D eigenvalue weighted by molar-refractivity contribution is 7.84. The zero-order chi connectivity index (χ0) is 31.6. The lowest BCUT2D eigenvalue weighted by Crippen LogP contribution is -2.52. The van der Waals surface area contributed by atoms with Gasteiger partial charge in [-0.2, -0.15) is 8.42 Å². The fraction of sp³-hybridized carbons (Fsp3) is 0.400. The first-order valence-electron chi connectivity index (χ1n) is 14.6. The summed E-state index contributed by atoms with van der Waals surface area (Å²) in [6, 6.07) is 11.1. The van der Waals surface area contributed by atoms with E-state index in [1.54, 1.807) is 24.3 Å². The second-order valence-electron chi connectivity index (χ2n) is 10.7. The molecule has 236 valence electrons. The topological polar surface area (TPSA) is 107 Å². The van der Waals surface area contributed by atoms with Gasteiger partial charge in [-0.05, 0) is 38.1 Å². The number of halogens is 3. The van der Waals surface area contributed by atoms with Crippen molar-refractivity contribution in [2.24, 2.45) is 0 Å². The van der Waals surface area contributed by atoms with Crippen molar-refractivity contribution in [3.05, 3.63) is 63.9 Å². The Bertz CT molecular complexity index is 1740. The first kappa shape index (κ1) is 32.7. The zero-order valence-corrected chi connectivity index (χ0v) is 27.9. The summed E-state index contributed by atoms with van der Waals surface area (Å²) in [7, 11) is -2.37. The number of hydrogen-bond donors (Lipinski definition) is 2. The Hall–Kier alpha value is -2.64. The van der Waals surface area contributed by atoms with Crippen LogP contribution in [0.15, 0.2) is 48.8 Å². The highest BCUT2D eigenvalue weighted by Gasteiger charge is 2.28. The summed E-state index contributed by atoms with van der Waals surface area (Å²) in [6.07, 6.45) is 4.85. The first-order chi connectivity index (χ1) is 21.1. The number of piperazine rings is 1. The van der Waals surface area contributed by atoms with Crippen LogP contribution < -0.4 is 10.2 Å². The van der Waals surface area contributed by atoms with Crippen molar-refractivity contribution in [2.45, 2.75) is 32.7 Å². The average molecular weight is 681 g/mol. The van der Waals surface area contributed by atoms with Gasteiger partial charge in [0, 0.05) is 62.5 Å². The van der Waals surface area contributed by atoms with Crippen molar-refractivity contribution in [1.82, 2.24) is 23.7 Å². The molecule has 10 nitrogen and oxygen atoms in total. The second kappa shape index (κ2) is 13.8. The largest absolute Gasteiger partial charge is 0.370 e. The molecule has 2 N–H and O–H groups in total. The van der Waals surface area contributed by atoms with Gasteiger partial charge in [0.25, 0.3) is 0 Å². The van der Waals surface area contributed by atoms with E-state index in [0.29, 0.717) is 32.7 Å². The van der Waals surface area contributed by atoms with Crippen LogP contribution in [-0.4, -0.2) is 89.1 Å². The Balaban J connectivity index is 0.00000188. The van der Waals surface area contributed by atoms with Crippen molar-refractivity contribution in [2.75, 3.05) is 56.5 Å². The number of nitrogens with zero attached hydrogens (tertiary/aromatic N) is 6. The highest BCUT2D eigenvalue weighted by Crippen LogP contribution is 2.41. The number of nitrogens with one attached hydrogen (secondary N) is 1. The predicted octanol–water partition coefficient (Wildman–Crippen LogP) is 6.70. The maximum atomic E-state index is 12.0. The van der Waals surface area contributed by atoms with Gasteiger partial charge in [0.1, 0.15) is 0 Å². The minimum Gasteiger partial charge on any atom is -0.370 e. The Kier molecular flexibility index (Phi) is 10.3. The fourth-order valence-electron chi connectivity index (χ4n) is 5.81. The Morgan fingerprint density at radius 1 is 0.932 bits per heavy atom. The molecule has 2 aromatic heterocycles. The molecule has 0 atom stereocenters. The molecule has 2 aliphatic heterocycles. The van der Waals surface area contributed by atoms with Gasteiger partial charge in [-0.15, -0.1) is 0 Å². The van der Waals surface area contributed by atoms with Gasteiger partial charge >= 0.3 is 10.3 Å². The second-order valence-corrected chi connectivity index (χ2v) is 13.1. The Morgan fingerprint density at radius 2 is 1.61 bits per heavy atom. The number of likely N-dealkylation sites (N-methyl/N-ethyl adjacent to an activating group) is 1. The maximum Gasteiger partial charge on any atom is 0.363 e. The lowest BCUT2D eigenvalue weighted by atomic mass is 10.0. The number of rotatable bonds is 6. The molecular weight excluding hydrogens is 645 g/mol. The number of piperidine rings is 1. The molecule has 0 amide bonds. The van der Waals surface area contributed by atoms with Gasteiger partial charge < -0.3 is 15.1 Å². The summed E-state index contributed by atoms with van der Waals surface area (Å²) in [6.45, 7) is 10.3. The SMILES string of the molecule is CC.CN1CCN(C2CCN(c3ccc(Nc4ncc(Cl)c(-c5cn(S(=O)(=O)O)c6ccccc56)n4)c(Cl)c3Cl)CC2)CC1. The Labute approximate surface area is 273 Å². The minimum atomic E-state index is -4.55. The molecule has 4 heterocycles. The number of benzene rings is 2. The van der Waals surface area contributed by atoms with Gasteiger partial charge in [-0.25, -0.2) is 13.9 Å². The van der Waals surface area contributed by atoms with E-state index < -0.39 is 10.3 Å². The third-order valence-corrected chi connectivity index (χ3v) is 10.0. The van der Waals surface area contributed by atoms with Crippen molar-refractivity contribution in [3.8, 4) is 11.3 Å². The van der Waals surface area contributed by atoms with E-state index in [1.807, 2.05) is 26.0 Å². The molecule has 0 unspecified atom stereocenters. The van der Waals surface area contributed by atoms with E-state index in [4.69, 9.17) is 34.8 Å². The van der Waals surface area contributed by atoms with Gasteiger partial charge in [0.05, 0.1) is 43.9 Å². The van der Waals surface area contributed by atoms with Crippen molar-refractivity contribution >= 4 is 73.3 Å². The molecular formula is C30H36Cl3N7O3S. The van der Waals surface area contributed by atoms with Crippen LogP contribution in [0, 0.1) is 0 Å². The lowest BCUT2D eigenvalue weighted by molar-refractivity contribution is 0.0982. The molecule has 2 saturated heterocycles. The molecule has 2 fully saturated rings. The summed E-state index contributed by atoms with van der Waals surface area (Å²) >= 11 is 20.0. The lowest BCUT2D eigenvalue weighted by Gasteiger charge is -2.42. The minimum absolute atomic E-state index is 0.191. The summed E-state index contributed by atoms with van der Waals surface area (Å²) in [4.78, 5) is 16.1. The van der Waals surface area contributed by atoms with Crippen LogP contribution in [0.2, 0.25) is 15.1 Å². The molecule has 2 aromatic carbocycles. The predicted molar refractivity (Wildman–Crippen MR) is 180 cm³/mol. The van der Waals surface area contributed by atoms with E-state index in [0.717, 1.165) is 61.8 Å². The molecule has 44 heavy (non-hydrogen) atoms. The normalized spacial score (nSPS) is 17.0. The molecule has 0 saturated carbocycles. The summed E-state index contributed by atoms with van der Waals surface area (Å²) in [5.41, 5.74) is 2.40. The van der Waals surface area contributed by atoms with E-state index in [1.165, 1.54) is 12.4 Å². The summed E-state index contributed by atoms with van der Waals surface area (Å²) in [5.74, 6) is 0.191. The van der Waals surface area contributed by atoms with E-state index in [9.17, 15) is 13.0 Å². The molecule has 0 aliphatic carbocycles. The highest BCUT2D eigenvalue weighted by atomic mass is 35.5. The van der Waals surface area contributed by atoms with Gasteiger partial charge in [-0.3, -0.25) is 9.45 Å². The third kappa shape index (κ3) is 6.79. The number of para-hydroxylation sites is 1. The van der Waals surface area contributed by atoms with Crippen molar-refractivity contribution in [3.63, 3.8) is 0 Å². The molecule has 0 bridgehead atoms. The molecule has 4 aromatic rings. The van der Waals surface area contributed by atoms with E-state index in [-0.39, 0.29) is 22.2 Å². The maximum absolute atomic E-state index is 12.0. The van der Waals surface area contributed by atoms with Gasteiger partial charge in [-0.1, -0.05) is 66.8 Å². The average Bonchev–Trinajstić information content (AvgIpc) is 3.42. The molecule has 14 heteroatoms. The fourth-order valence-corrected chi connectivity index (χ4v) is 7.14. The van der Waals surface area contributed by atoms with E-state index in [2.05, 4.69) is 37.0 Å². The summed E-state index contributed by atoms with van der Waals surface area (Å²) < 4.78 is 34.5. The van der Waals surface area contributed by atoms with Crippen LogP contribution in [-0.2, 0) is 10.3 Å². The van der Waals surface area contributed by atoms with Crippen LogP contribution in [0.3, 0.4) is 0 Å². The molecule has 0 spiro atoms. The first-order valence-corrected chi connectivity index (χ1v) is 17.2. The smallest absolute Gasteiger partial charge is 0.363 e. The zero-order valence-electron chi connectivity index (χ0n) is 24.8. The molecule has 0 radical (unpaired) electrons. The molecule has 6 rings (SSSR count). The standard InChI is InChI=1S/C28H30Cl3N7O3S.C2H6/c1-35-12-14-36(15-13-35)18-8-10-37(11-9-18)24-7-6-22(25(30)26(24)31)33-28-32-16-21(29)27(34-28)20-17-38(42(39,40)41)23-5-3-2-4-19(20)23;1-2/h2-7,16-18H,8-15H2,1H3,(H,32,33,34)(H,39,40,41);1-2H3. The van der Waals surface area contributed by atoms with Gasteiger partial charge in [0.2, 0.25) is 5.95 Å². The number of hydrogen-bond acceptors (Lipinski definition) is 8. The van der Waals surface area contributed by atoms with Crippen LogP contribution >= 0.6 is 34.8 Å². The van der Waals surface area contributed by atoms with Crippen LogP contribution in [0.5, 0.6) is 0 Å². The number of aromatic nitrogens is 3.